The molecule has 0 aliphatic heterocycles. The van der Waals surface area contributed by atoms with Crippen molar-refractivity contribution in [3.63, 3.8) is 0 Å². The number of amides is 1. The number of aromatic nitrogens is 2. The van der Waals surface area contributed by atoms with E-state index < -0.39 is 0 Å². The molecule has 118 valence electrons. The van der Waals surface area contributed by atoms with Crippen molar-refractivity contribution in [1.29, 1.82) is 0 Å². The van der Waals surface area contributed by atoms with Gasteiger partial charge in [0.1, 0.15) is 5.82 Å². The predicted molar refractivity (Wildman–Crippen MR) is 86.9 cm³/mol. The highest BCUT2D eigenvalue weighted by Gasteiger charge is 2.07. The topological polar surface area (TPSA) is 66.9 Å². The first kappa shape index (κ1) is 15.0. The van der Waals surface area contributed by atoms with Crippen LogP contribution in [0.15, 0.2) is 47.3 Å². The summed E-state index contributed by atoms with van der Waals surface area (Å²) in [5.41, 5.74) is 2.63. The molecule has 1 aromatic heterocycles. The number of benzene rings is 2. The number of aryl methyl sites for hydroxylation is 2. The van der Waals surface area contributed by atoms with Crippen molar-refractivity contribution in [1.82, 2.24) is 9.55 Å². The highest BCUT2D eigenvalue weighted by molar-refractivity contribution is 5.93. The Hall–Kier alpha value is -2.89. The average molecular weight is 313 g/mol. The molecule has 2 aromatic carbocycles. The number of carbonyl (C=O) groups is 1. The summed E-state index contributed by atoms with van der Waals surface area (Å²) in [5, 5.41) is 2.78. The Morgan fingerprint density at radius 1 is 1.26 bits per heavy atom. The van der Waals surface area contributed by atoms with Gasteiger partial charge >= 0.3 is 5.69 Å². The Morgan fingerprint density at radius 2 is 2.09 bits per heavy atom. The smallest absolute Gasteiger partial charge is 0.326 e. The number of anilines is 1. The standard InChI is InChI=1S/C17H16FN3O2/c1-21-15-7-6-13(10-14(15)20-17(21)23)19-16(22)8-5-11-3-2-4-12(18)9-11/h2-4,6-7,9-10H,5,8H2,1H3,(H,19,22)(H,20,23). The number of rotatable bonds is 4. The van der Waals surface area contributed by atoms with Crippen molar-refractivity contribution in [2.24, 2.45) is 7.05 Å². The van der Waals surface area contributed by atoms with Gasteiger partial charge < -0.3 is 10.3 Å². The zero-order valence-electron chi connectivity index (χ0n) is 12.6. The second-order valence-corrected chi connectivity index (χ2v) is 5.40. The predicted octanol–water partition coefficient (Wildman–Crippen LogP) is 2.58. The number of imidazole rings is 1. The molecule has 0 saturated carbocycles. The summed E-state index contributed by atoms with van der Waals surface area (Å²) in [7, 11) is 1.68. The molecule has 2 N–H and O–H groups in total. The summed E-state index contributed by atoms with van der Waals surface area (Å²) >= 11 is 0. The number of hydrogen-bond acceptors (Lipinski definition) is 2. The van der Waals surface area contributed by atoms with Gasteiger partial charge in [0.05, 0.1) is 11.0 Å². The van der Waals surface area contributed by atoms with Crippen LogP contribution in [0, 0.1) is 5.82 Å². The molecule has 0 atom stereocenters. The Kier molecular flexibility index (Phi) is 3.97. The van der Waals surface area contributed by atoms with Crippen LogP contribution < -0.4 is 11.0 Å². The van der Waals surface area contributed by atoms with E-state index in [1.165, 1.54) is 16.7 Å². The lowest BCUT2D eigenvalue weighted by Crippen LogP contribution is -2.12. The lowest BCUT2D eigenvalue weighted by Gasteiger charge is -2.06. The van der Waals surface area contributed by atoms with Gasteiger partial charge in [0, 0.05) is 19.2 Å². The Bertz CT molecular complexity index is 927. The SMILES string of the molecule is Cn1c(=O)[nH]c2cc(NC(=O)CCc3cccc(F)c3)ccc21. The summed E-state index contributed by atoms with van der Waals surface area (Å²) in [6.45, 7) is 0. The minimum Gasteiger partial charge on any atom is -0.326 e. The van der Waals surface area contributed by atoms with Gasteiger partial charge in [-0.3, -0.25) is 9.36 Å². The van der Waals surface area contributed by atoms with Gasteiger partial charge in [-0.1, -0.05) is 12.1 Å². The van der Waals surface area contributed by atoms with Gasteiger partial charge in [0.2, 0.25) is 5.91 Å². The van der Waals surface area contributed by atoms with Gasteiger partial charge in [-0.15, -0.1) is 0 Å². The van der Waals surface area contributed by atoms with E-state index in [4.69, 9.17) is 0 Å². The third kappa shape index (κ3) is 3.31. The van der Waals surface area contributed by atoms with Crippen LogP contribution in [-0.4, -0.2) is 15.5 Å². The number of hydrogen-bond donors (Lipinski definition) is 2. The normalized spacial score (nSPS) is 10.9. The number of carbonyl (C=O) groups excluding carboxylic acids is 1. The van der Waals surface area contributed by atoms with E-state index in [0.29, 0.717) is 17.6 Å². The molecule has 3 rings (SSSR count). The van der Waals surface area contributed by atoms with E-state index >= 15 is 0 Å². The second kappa shape index (κ2) is 6.08. The first-order valence-electron chi connectivity index (χ1n) is 7.26. The second-order valence-electron chi connectivity index (χ2n) is 5.40. The van der Waals surface area contributed by atoms with Crippen LogP contribution in [0.25, 0.3) is 11.0 Å². The molecule has 1 amide bonds. The number of fused-ring (bicyclic) bond motifs is 1. The number of H-pyrrole nitrogens is 1. The van der Waals surface area contributed by atoms with Crippen LogP contribution in [0.1, 0.15) is 12.0 Å². The summed E-state index contributed by atoms with van der Waals surface area (Å²) in [6.07, 6.45) is 0.723. The average Bonchev–Trinajstić information content (AvgIpc) is 2.80. The molecule has 0 fully saturated rings. The van der Waals surface area contributed by atoms with E-state index in [9.17, 15) is 14.0 Å². The molecule has 0 aliphatic carbocycles. The van der Waals surface area contributed by atoms with Gasteiger partial charge in [-0.05, 0) is 42.3 Å². The number of nitrogens with zero attached hydrogens (tertiary/aromatic N) is 1. The van der Waals surface area contributed by atoms with Crippen molar-refractivity contribution >= 4 is 22.6 Å². The fraction of sp³-hybridized carbons (Fsp3) is 0.176. The first-order valence-corrected chi connectivity index (χ1v) is 7.26. The summed E-state index contributed by atoms with van der Waals surface area (Å²) in [6, 6.07) is 11.5. The quantitative estimate of drug-likeness (QED) is 0.777. The fourth-order valence-electron chi connectivity index (χ4n) is 2.49. The van der Waals surface area contributed by atoms with Crippen molar-refractivity contribution in [3.8, 4) is 0 Å². The minimum absolute atomic E-state index is 0.160. The maximum Gasteiger partial charge on any atom is 0.326 e. The summed E-state index contributed by atoms with van der Waals surface area (Å²) in [5.74, 6) is -0.465. The zero-order chi connectivity index (χ0) is 16.4. The van der Waals surface area contributed by atoms with Crippen LogP contribution in [-0.2, 0) is 18.3 Å². The van der Waals surface area contributed by atoms with E-state index in [2.05, 4.69) is 10.3 Å². The maximum atomic E-state index is 13.1. The molecular formula is C17H16FN3O2. The Labute approximate surface area is 131 Å². The summed E-state index contributed by atoms with van der Waals surface area (Å²) in [4.78, 5) is 26.3. The largest absolute Gasteiger partial charge is 0.326 e. The molecule has 23 heavy (non-hydrogen) atoms. The van der Waals surface area contributed by atoms with Crippen LogP contribution in [0.4, 0.5) is 10.1 Å². The maximum absolute atomic E-state index is 13.1. The zero-order valence-corrected chi connectivity index (χ0v) is 12.6. The molecule has 6 heteroatoms. The molecule has 5 nitrogen and oxygen atoms in total. The Balaban J connectivity index is 1.67. The molecule has 0 unspecified atom stereocenters. The molecule has 0 radical (unpaired) electrons. The molecule has 0 aliphatic rings. The van der Waals surface area contributed by atoms with E-state index in [1.807, 2.05) is 0 Å². The van der Waals surface area contributed by atoms with Crippen LogP contribution in [0.2, 0.25) is 0 Å². The third-order valence-corrected chi connectivity index (χ3v) is 3.72. The van der Waals surface area contributed by atoms with Crippen LogP contribution in [0.5, 0.6) is 0 Å². The fourth-order valence-corrected chi connectivity index (χ4v) is 2.49. The molecule has 0 spiro atoms. The van der Waals surface area contributed by atoms with Crippen molar-refractivity contribution in [3.05, 3.63) is 64.3 Å². The van der Waals surface area contributed by atoms with Gasteiger partial charge in [-0.25, -0.2) is 9.18 Å². The highest BCUT2D eigenvalue weighted by atomic mass is 19.1. The van der Waals surface area contributed by atoms with Crippen molar-refractivity contribution < 1.29 is 9.18 Å². The van der Waals surface area contributed by atoms with Gasteiger partial charge in [-0.2, -0.15) is 0 Å². The lowest BCUT2D eigenvalue weighted by atomic mass is 10.1. The monoisotopic (exact) mass is 313 g/mol. The number of halogens is 1. The van der Waals surface area contributed by atoms with Crippen LogP contribution >= 0.6 is 0 Å². The Morgan fingerprint density at radius 3 is 2.87 bits per heavy atom. The first-order chi connectivity index (χ1) is 11.0. The molecular weight excluding hydrogens is 297 g/mol. The number of aromatic amines is 1. The van der Waals surface area contributed by atoms with E-state index in [-0.39, 0.29) is 23.8 Å². The molecule has 0 saturated heterocycles. The van der Waals surface area contributed by atoms with Gasteiger partial charge in [0.15, 0.2) is 0 Å². The van der Waals surface area contributed by atoms with E-state index in [0.717, 1.165) is 11.1 Å². The number of nitrogens with one attached hydrogen (secondary N) is 2. The molecule has 1 heterocycles. The summed E-state index contributed by atoms with van der Waals surface area (Å²) < 4.78 is 14.6. The highest BCUT2D eigenvalue weighted by Crippen LogP contribution is 2.16. The van der Waals surface area contributed by atoms with Crippen molar-refractivity contribution in [2.75, 3.05) is 5.32 Å². The third-order valence-electron chi connectivity index (χ3n) is 3.72. The van der Waals surface area contributed by atoms with Crippen molar-refractivity contribution in [2.45, 2.75) is 12.8 Å². The van der Waals surface area contributed by atoms with Crippen LogP contribution in [0.3, 0.4) is 0 Å². The van der Waals surface area contributed by atoms with E-state index in [1.54, 1.807) is 37.4 Å². The minimum atomic E-state index is -0.304. The molecule has 3 aromatic rings. The molecule has 0 bridgehead atoms. The lowest BCUT2D eigenvalue weighted by molar-refractivity contribution is -0.116. The van der Waals surface area contributed by atoms with Gasteiger partial charge in [0.25, 0.3) is 0 Å².